The van der Waals surface area contributed by atoms with Crippen molar-refractivity contribution in [1.29, 1.82) is 0 Å². The Kier molecular flexibility index (Phi) is 9.83. The van der Waals surface area contributed by atoms with E-state index in [1.54, 1.807) is 7.11 Å². The molecule has 0 aliphatic carbocycles. The predicted octanol–water partition coefficient (Wildman–Crippen LogP) is 1.27. The molecule has 0 aliphatic heterocycles. The zero-order valence-corrected chi connectivity index (χ0v) is 13.2. The van der Waals surface area contributed by atoms with Gasteiger partial charge >= 0.3 is 5.97 Å². The average molecular weight is 274 g/mol. The molecule has 0 aromatic carbocycles. The molecule has 0 saturated carbocycles. The number of nitrogens with one attached hydrogen (secondary N) is 1. The van der Waals surface area contributed by atoms with E-state index in [1.807, 2.05) is 27.8 Å². The Hall–Kier alpha value is -0.650. The number of methoxy groups -OCH3 is 1. The number of rotatable bonds is 10. The fourth-order valence-corrected chi connectivity index (χ4v) is 1.84. The van der Waals surface area contributed by atoms with Crippen LogP contribution in [0.1, 0.15) is 34.1 Å². The molecule has 19 heavy (non-hydrogen) atoms. The summed E-state index contributed by atoms with van der Waals surface area (Å²) in [6, 6.07) is 0.361. The second-order valence-corrected chi connectivity index (χ2v) is 5.20. The van der Waals surface area contributed by atoms with Gasteiger partial charge in [0, 0.05) is 25.7 Å². The van der Waals surface area contributed by atoms with Gasteiger partial charge in [-0.05, 0) is 27.3 Å². The number of hydrogen-bond donors (Lipinski definition) is 1. The number of nitrogens with zero attached hydrogens (tertiary/aromatic N) is 1. The van der Waals surface area contributed by atoms with Crippen LogP contribution >= 0.6 is 0 Å². The second-order valence-electron chi connectivity index (χ2n) is 5.20. The first-order valence-electron chi connectivity index (χ1n) is 7.04. The molecule has 0 radical (unpaired) electrons. The lowest BCUT2D eigenvalue weighted by Gasteiger charge is -2.26. The molecule has 5 nitrogen and oxygen atoms in total. The zero-order valence-electron chi connectivity index (χ0n) is 13.2. The van der Waals surface area contributed by atoms with E-state index in [0.29, 0.717) is 19.3 Å². The fourth-order valence-electron chi connectivity index (χ4n) is 1.84. The van der Waals surface area contributed by atoms with Crippen molar-refractivity contribution in [2.24, 2.45) is 0 Å². The van der Waals surface area contributed by atoms with Gasteiger partial charge in [0.25, 0.3) is 0 Å². The van der Waals surface area contributed by atoms with E-state index in [9.17, 15) is 4.79 Å². The van der Waals surface area contributed by atoms with Crippen molar-refractivity contribution in [2.75, 3.05) is 33.9 Å². The largest absolute Gasteiger partial charge is 0.465 e. The standard InChI is InChI=1S/C14H30N2O3/c1-7-19-14(17)13(15-11(2)3)8-9-16(5)12(4)10-18-6/h11-13,15H,7-10H2,1-6H3. The first-order valence-corrected chi connectivity index (χ1v) is 7.04. The Morgan fingerprint density at radius 2 is 1.95 bits per heavy atom. The minimum absolute atomic E-state index is 0.163. The molecule has 0 aromatic rings. The van der Waals surface area contributed by atoms with Gasteiger partial charge in [0.2, 0.25) is 0 Å². The monoisotopic (exact) mass is 274 g/mol. The Morgan fingerprint density at radius 1 is 1.32 bits per heavy atom. The molecule has 0 aromatic heterocycles. The van der Waals surface area contributed by atoms with Crippen LogP contribution in [0.15, 0.2) is 0 Å². The Labute approximate surface area is 117 Å². The van der Waals surface area contributed by atoms with Crippen molar-refractivity contribution < 1.29 is 14.3 Å². The van der Waals surface area contributed by atoms with E-state index in [-0.39, 0.29) is 18.1 Å². The molecule has 5 heteroatoms. The first kappa shape index (κ1) is 18.4. The maximum absolute atomic E-state index is 11.9. The molecule has 0 rings (SSSR count). The lowest BCUT2D eigenvalue weighted by atomic mass is 10.1. The third-order valence-corrected chi connectivity index (χ3v) is 3.04. The normalized spacial score (nSPS) is 14.7. The van der Waals surface area contributed by atoms with Crippen molar-refractivity contribution in [3.63, 3.8) is 0 Å². The van der Waals surface area contributed by atoms with Gasteiger partial charge in [-0.25, -0.2) is 0 Å². The molecule has 0 bridgehead atoms. The van der Waals surface area contributed by atoms with Crippen LogP contribution < -0.4 is 5.32 Å². The van der Waals surface area contributed by atoms with Crippen LogP contribution in [-0.4, -0.2) is 62.9 Å². The topological polar surface area (TPSA) is 50.8 Å². The molecule has 0 saturated heterocycles. The van der Waals surface area contributed by atoms with E-state index in [0.717, 1.165) is 13.0 Å². The van der Waals surface area contributed by atoms with Crippen molar-refractivity contribution in [1.82, 2.24) is 10.2 Å². The molecule has 2 atom stereocenters. The number of likely N-dealkylation sites (N-methyl/N-ethyl adjacent to an activating group) is 1. The second kappa shape index (κ2) is 10.2. The number of ether oxygens (including phenoxy) is 2. The van der Waals surface area contributed by atoms with Crippen LogP contribution in [0.5, 0.6) is 0 Å². The smallest absolute Gasteiger partial charge is 0.323 e. The third-order valence-electron chi connectivity index (χ3n) is 3.04. The summed E-state index contributed by atoms with van der Waals surface area (Å²) in [5, 5.41) is 3.26. The maximum atomic E-state index is 11.9. The van der Waals surface area contributed by atoms with Crippen molar-refractivity contribution in [3.05, 3.63) is 0 Å². The summed E-state index contributed by atoms with van der Waals surface area (Å²) < 4.78 is 10.2. The van der Waals surface area contributed by atoms with Crippen molar-refractivity contribution in [2.45, 2.75) is 52.2 Å². The van der Waals surface area contributed by atoms with Crippen LogP contribution in [0, 0.1) is 0 Å². The first-order chi connectivity index (χ1) is 8.92. The van der Waals surface area contributed by atoms with Gasteiger partial charge in [-0.2, -0.15) is 0 Å². The van der Waals surface area contributed by atoms with Gasteiger partial charge in [0.05, 0.1) is 13.2 Å². The minimum atomic E-state index is -0.239. The number of carbonyl (C=O) groups is 1. The molecule has 114 valence electrons. The lowest BCUT2D eigenvalue weighted by molar-refractivity contribution is -0.146. The van der Waals surface area contributed by atoms with Gasteiger partial charge in [-0.3, -0.25) is 4.79 Å². The van der Waals surface area contributed by atoms with Crippen molar-refractivity contribution >= 4 is 5.97 Å². The zero-order chi connectivity index (χ0) is 14.8. The van der Waals surface area contributed by atoms with Crippen LogP contribution in [0.3, 0.4) is 0 Å². The molecule has 0 spiro atoms. The molecular weight excluding hydrogens is 244 g/mol. The number of hydrogen-bond acceptors (Lipinski definition) is 5. The summed E-state index contributed by atoms with van der Waals surface area (Å²) >= 11 is 0. The van der Waals surface area contributed by atoms with Gasteiger partial charge in [-0.1, -0.05) is 13.8 Å². The van der Waals surface area contributed by atoms with Crippen LogP contribution in [0.2, 0.25) is 0 Å². The van der Waals surface area contributed by atoms with Gasteiger partial charge in [0.1, 0.15) is 6.04 Å². The Bertz CT molecular complexity index is 247. The van der Waals surface area contributed by atoms with E-state index in [4.69, 9.17) is 9.47 Å². The van der Waals surface area contributed by atoms with E-state index in [1.165, 1.54) is 0 Å². The van der Waals surface area contributed by atoms with Gasteiger partial charge < -0.3 is 19.7 Å². The Morgan fingerprint density at radius 3 is 2.42 bits per heavy atom. The highest BCUT2D eigenvalue weighted by molar-refractivity contribution is 5.75. The van der Waals surface area contributed by atoms with Crippen LogP contribution in [0.4, 0.5) is 0 Å². The fraction of sp³-hybridized carbons (Fsp3) is 0.929. The minimum Gasteiger partial charge on any atom is -0.465 e. The predicted molar refractivity (Wildman–Crippen MR) is 77.3 cm³/mol. The van der Waals surface area contributed by atoms with E-state index < -0.39 is 0 Å². The summed E-state index contributed by atoms with van der Waals surface area (Å²) in [5.41, 5.74) is 0. The summed E-state index contributed by atoms with van der Waals surface area (Å²) in [4.78, 5) is 14.1. The highest BCUT2D eigenvalue weighted by atomic mass is 16.5. The quantitative estimate of drug-likeness (QED) is 0.608. The Balaban J connectivity index is 4.28. The summed E-state index contributed by atoms with van der Waals surface area (Å²) in [7, 11) is 3.74. The lowest BCUT2D eigenvalue weighted by Crippen LogP contribution is -2.45. The molecule has 0 amide bonds. The summed E-state index contributed by atoms with van der Waals surface area (Å²) in [6.45, 7) is 9.94. The van der Waals surface area contributed by atoms with Crippen LogP contribution in [-0.2, 0) is 14.3 Å². The van der Waals surface area contributed by atoms with Gasteiger partial charge in [-0.15, -0.1) is 0 Å². The molecule has 0 aliphatic rings. The molecule has 1 N–H and O–H groups in total. The highest BCUT2D eigenvalue weighted by Gasteiger charge is 2.21. The molecule has 0 fully saturated rings. The van der Waals surface area contributed by atoms with E-state index >= 15 is 0 Å². The highest BCUT2D eigenvalue weighted by Crippen LogP contribution is 2.03. The third kappa shape index (κ3) is 8.18. The van der Waals surface area contributed by atoms with E-state index in [2.05, 4.69) is 17.1 Å². The summed E-state index contributed by atoms with van der Waals surface area (Å²) in [6.07, 6.45) is 0.738. The number of carbonyl (C=O) groups excluding carboxylic acids is 1. The molecular formula is C14H30N2O3. The maximum Gasteiger partial charge on any atom is 0.323 e. The molecule has 2 unspecified atom stereocenters. The average Bonchev–Trinajstić information content (AvgIpc) is 2.34. The van der Waals surface area contributed by atoms with Gasteiger partial charge in [0.15, 0.2) is 0 Å². The van der Waals surface area contributed by atoms with Crippen molar-refractivity contribution in [3.8, 4) is 0 Å². The molecule has 0 heterocycles. The van der Waals surface area contributed by atoms with Crippen LogP contribution in [0.25, 0.3) is 0 Å². The number of esters is 1. The SMILES string of the molecule is CCOC(=O)C(CCN(C)C(C)COC)NC(C)C. The summed E-state index contributed by atoms with van der Waals surface area (Å²) in [5.74, 6) is -0.163.